The second-order valence-corrected chi connectivity index (χ2v) is 8.47. The maximum atomic E-state index is 12.9. The highest BCUT2D eigenvalue weighted by atomic mass is 16.6. The summed E-state index contributed by atoms with van der Waals surface area (Å²) < 4.78 is 5.35. The number of hydrogen-bond acceptors (Lipinski definition) is 4. The molecule has 0 fully saturated rings. The lowest BCUT2D eigenvalue weighted by Gasteiger charge is -2.21. The largest absolute Gasteiger partial charge is 0.444 e. The predicted octanol–water partition coefficient (Wildman–Crippen LogP) is 5.91. The van der Waals surface area contributed by atoms with Crippen molar-refractivity contribution in [2.45, 2.75) is 33.3 Å². The molecule has 0 unspecified atom stereocenters. The molecule has 0 saturated heterocycles. The average Bonchev–Trinajstić information content (AvgIpc) is 2.74. The standard InChI is InChI=1S/C26H27N3O4/c1-17(30)27-21-13-10-19(11-14-21)24(31)28-23-16-20(18-8-6-5-7-9-18)12-15-22(23)29-25(32)33-26(2,3)4/h5-16H,1-4H3,(H,27,30)(H,28,31)(H,29,32). The minimum absolute atomic E-state index is 0.192. The van der Waals surface area contributed by atoms with Gasteiger partial charge in [-0.25, -0.2) is 4.79 Å². The molecule has 3 amide bonds. The van der Waals surface area contributed by atoms with Crippen molar-refractivity contribution in [1.29, 1.82) is 0 Å². The van der Waals surface area contributed by atoms with E-state index in [2.05, 4.69) is 16.0 Å². The number of hydrogen-bond donors (Lipinski definition) is 3. The van der Waals surface area contributed by atoms with E-state index >= 15 is 0 Å². The number of benzene rings is 3. The first-order chi connectivity index (χ1) is 15.6. The predicted molar refractivity (Wildman–Crippen MR) is 130 cm³/mol. The van der Waals surface area contributed by atoms with Crippen LogP contribution in [0.2, 0.25) is 0 Å². The van der Waals surface area contributed by atoms with Crippen LogP contribution in [0.25, 0.3) is 11.1 Å². The molecule has 7 heteroatoms. The van der Waals surface area contributed by atoms with Gasteiger partial charge in [-0.1, -0.05) is 36.4 Å². The molecule has 3 aromatic rings. The normalized spacial score (nSPS) is 10.8. The average molecular weight is 446 g/mol. The monoisotopic (exact) mass is 445 g/mol. The molecular formula is C26H27N3O4. The first kappa shape index (κ1) is 23.5. The maximum Gasteiger partial charge on any atom is 0.412 e. The Morgan fingerprint density at radius 2 is 1.39 bits per heavy atom. The molecule has 0 saturated carbocycles. The third-order valence-electron chi connectivity index (χ3n) is 4.48. The van der Waals surface area contributed by atoms with E-state index < -0.39 is 11.7 Å². The zero-order chi connectivity index (χ0) is 24.0. The van der Waals surface area contributed by atoms with Crippen LogP contribution < -0.4 is 16.0 Å². The van der Waals surface area contributed by atoms with Crippen LogP contribution in [0.3, 0.4) is 0 Å². The molecule has 170 valence electrons. The van der Waals surface area contributed by atoms with Gasteiger partial charge in [0, 0.05) is 18.2 Å². The SMILES string of the molecule is CC(=O)Nc1ccc(C(=O)Nc2cc(-c3ccccc3)ccc2NC(=O)OC(C)(C)C)cc1. The molecular weight excluding hydrogens is 418 g/mol. The van der Waals surface area contributed by atoms with Gasteiger partial charge in [0.15, 0.2) is 0 Å². The molecule has 0 aliphatic heterocycles. The number of anilines is 3. The third-order valence-corrected chi connectivity index (χ3v) is 4.48. The highest BCUT2D eigenvalue weighted by molar-refractivity contribution is 6.07. The van der Waals surface area contributed by atoms with E-state index in [1.165, 1.54) is 6.92 Å². The smallest absolute Gasteiger partial charge is 0.412 e. The van der Waals surface area contributed by atoms with Gasteiger partial charge in [0.1, 0.15) is 5.60 Å². The maximum absolute atomic E-state index is 12.9. The molecule has 0 aliphatic carbocycles. The second kappa shape index (κ2) is 9.99. The second-order valence-electron chi connectivity index (χ2n) is 8.47. The van der Waals surface area contributed by atoms with Crippen molar-refractivity contribution in [2.75, 3.05) is 16.0 Å². The lowest BCUT2D eigenvalue weighted by atomic mass is 10.0. The summed E-state index contributed by atoms with van der Waals surface area (Å²) in [5.41, 5.74) is 3.02. The number of amides is 3. The molecule has 0 spiro atoms. The Morgan fingerprint density at radius 3 is 2.00 bits per heavy atom. The van der Waals surface area contributed by atoms with E-state index in [4.69, 9.17) is 4.74 Å². The Kier molecular flexibility index (Phi) is 7.13. The number of carbonyl (C=O) groups excluding carboxylic acids is 3. The molecule has 0 aromatic heterocycles. The van der Waals surface area contributed by atoms with Gasteiger partial charge in [0.2, 0.25) is 5.91 Å². The van der Waals surface area contributed by atoms with E-state index in [0.717, 1.165) is 11.1 Å². The highest BCUT2D eigenvalue weighted by Gasteiger charge is 2.18. The molecule has 0 radical (unpaired) electrons. The van der Waals surface area contributed by atoms with Crippen LogP contribution in [-0.2, 0) is 9.53 Å². The minimum atomic E-state index is -0.660. The van der Waals surface area contributed by atoms with Crippen molar-refractivity contribution in [2.24, 2.45) is 0 Å². The fourth-order valence-corrected chi connectivity index (χ4v) is 3.08. The topological polar surface area (TPSA) is 96.5 Å². The van der Waals surface area contributed by atoms with Gasteiger partial charge in [-0.15, -0.1) is 0 Å². The molecule has 0 bridgehead atoms. The molecule has 0 aliphatic rings. The molecule has 7 nitrogen and oxygen atoms in total. The van der Waals surface area contributed by atoms with Gasteiger partial charge >= 0.3 is 6.09 Å². The molecule has 0 atom stereocenters. The van der Waals surface area contributed by atoms with Gasteiger partial charge in [-0.2, -0.15) is 0 Å². The van der Waals surface area contributed by atoms with Crippen LogP contribution in [0.15, 0.2) is 72.8 Å². The molecule has 0 heterocycles. The van der Waals surface area contributed by atoms with Gasteiger partial charge in [-0.3, -0.25) is 14.9 Å². The first-order valence-electron chi connectivity index (χ1n) is 10.5. The summed E-state index contributed by atoms with van der Waals surface area (Å²) in [4.78, 5) is 36.5. The molecule has 3 N–H and O–H groups in total. The Labute approximate surface area is 193 Å². The summed E-state index contributed by atoms with van der Waals surface area (Å²) in [6, 6.07) is 21.6. The Hall–Kier alpha value is -4.13. The summed E-state index contributed by atoms with van der Waals surface area (Å²) in [5, 5.41) is 8.24. The van der Waals surface area contributed by atoms with Gasteiger partial charge in [0.25, 0.3) is 5.91 Å². The fraction of sp³-hybridized carbons (Fsp3) is 0.192. The van der Waals surface area contributed by atoms with E-state index in [-0.39, 0.29) is 11.8 Å². The van der Waals surface area contributed by atoms with Gasteiger partial charge in [-0.05, 0) is 68.3 Å². The summed E-state index contributed by atoms with van der Waals surface area (Å²) in [6.45, 7) is 6.74. The molecule has 3 rings (SSSR count). The van der Waals surface area contributed by atoms with Crippen molar-refractivity contribution in [3.05, 3.63) is 78.4 Å². The van der Waals surface area contributed by atoms with Crippen molar-refractivity contribution < 1.29 is 19.1 Å². The number of carbonyl (C=O) groups is 3. The fourth-order valence-electron chi connectivity index (χ4n) is 3.08. The Bertz CT molecular complexity index is 1150. The summed E-state index contributed by atoms with van der Waals surface area (Å²) in [6.07, 6.45) is -0.620. The van der Waals surface area contributed by atoms with E-state index in [1.807, 2.05) is 36.4 Å². The lowest BCUT2D eigenvalue weighted by molar-refractivity contribution is -0.114. The molecule has 33 heavy (non-hydrogen) atoms. The van der Waals surface area contributed by atoms with Crippen LogP contribution in [0.1, 0.15) is 38.1 Å². The minimum Gasteiger partial charge on any atom is -0.444 e. The van der Waals surface area contributed by atoms with Crippen molar-refractivity contribution in [3.8, 4) is 11.1 Å². The van der Waals surface area contributed by atoms with E-state index in [0.29, 0.717) is 22.6 Å². The number of rotatable bonds is 5. The first-order valence-corrected chi connectivity index (χ1v) is 10.5. The highest BCUT2D eigenvalue weighted by Crippen LogP contribution is 2.30. The van der Waals surface area contributed by atoms with Crippen molar-refractivity contribution in [3.63, 3.8) is 0 Å². The van der Waals surface area contributed by atoms with Gasteiger partial charge < -0.3 is 15.4 Å². The van der Waals surface area contributed by atoms with Crippen LogP contribution in [-0.4, -0.2) is 23.5 Å². The quantitative estimate of drug-likeness (QED) is 0.455. The van der Waals surface area contributed by atoms with Crippen LogP contribution in [0.5, 0.6) is 0 Å². The number of ether oxygens (including phenoxy) is 1. The lowest BCUT2D eigenvalue weighted by Crippen LogP contribution is -2.27. The Balaban J connectivity index is 1.88. The van der Waals surface area contributed by atoms with E-state index in [1.54, 1.807) is 57.2 Å². The zero-order valence-corrected chi connectivity index (χ0v) is 19.1. The summed E-state index contributed by atoms with van der Waals surface area (Å²) in [5.74, 6) is -0.551. The van der Waals surface area contributed by atoms with Crippen LogP contribution >= 0.6 is 0 Å². The van der Waals surface area contributed by atoms with Crippen LogP contribution in [0, 0.1) is 0 Å². The summed E-state index contributed by atoms with van der Waals surface area (Å²) in [7, 11) is 0. The summed E-state index contributed by atoms with van der Waals surface area (Å²) >= 11 is 0. The zero-order valence-electron chi connectivity index (χ0n) is 19.1. The van der Waals surface area contributed by atoms with Gasteiger partial charge in [0.05, 0.1) is 11.4 Å². The van der Waals surface area contributed by atoms with Crippen LogP contribution in [0.4, 0.5) is 21.9 Å². The Morgan fingerprint density at radius 1 is 0.727 bits per heavy atom. The molecule has 3 aromatic carbocycles. The van der Waals surface area contributed by atoms with Crippen molar-refractivity contribution >= 4 is 35.0 Å². The third kappa shape index (κ3) is 6.93. The number of nitrogens with one attached hydrogen (secondary N) is 3. The van der Waals surface area contributed by atoms with E-state index in [9.17, 15) is 14.4 Å². The van der Waals surface area contributed by atoms with Crippen molar-refractivity contribution in [1.82, 2.24) is 0 Å².